The molecule has 0 saturated carbocycles. The van der Waals surface area contributed by atoms with Crippen molar-refractivity contribution < 1.29 is 9.90 Å². The van der Waals surface area contributed by atoms with Gasteiger partial charge in [0.05, 0.1) is 0 Å². The third-order valence-electron chi connectivity index (χ3n) is 2.05. The summed E-state index contributed by atoms with van der Waals surface area (Å²) in [7, 11) is 0. The number of hydrogen-bond acceptors (Lipinski definition) is 4. The highest BCUT2D eigenvalue weighted by molar-refractivity contribution is 7.71. The molecule has 15 heavy (non-hydrogen) atoms. The Bertz CT molecular complexity index is 412. The maximum absolute atomic E-state index is 10.8. The Kier molecular flexibility index (Phi) is 3.79. The van der Waals surface area contributed by atoms with Gasteiger partial charge in [-0.1, -0.05) is 0 Å². The topological polar surface area (TPSA) is 69.2 Å². The van der Waals surface area contributed by atoms with Crippen LogP contribution in [-0.2, 0) is 0 Å². The molecular formula is C9H13N3O2S. The summed E-state index contributed by atoms with van der Waals surface area (Å²) in [6, 6.07) is 1.49. The van der Waals surface area contributed by atoms with E-state index in [0.717, 1.165) is 13.1 Å². The molecule has 0 amide bonds. The van der Waals surface area contributed by atoms with Crippen LogP contribution in [0.2, 0.25) is 0 Å². The van der Waals surface area contributed by atoms with Crippen molar-refractivity contribution in [3.63, 3.8) is 0 Å². The minimum Gasteiger partial charge on any atom is -0.477 e. The number of carboxylic acid groups (broad SMARTS) is 1. The van der Waals surface area contributed by atoms with Gasteiger partial charge in [-0.2, -0.15) is 0 Å². The van der Waals surface area contributed by atoms with Crippen molar-refractivity contribution in [2.45, 2.75) is 13.8 Å². The normalized spacial score (nSPS) is 10.0. The van der Waals surface area contributed by atoms with Crippen molar-refractivity contribution in [1.82, 2.24) is 9.97 Å². The summed E-state index contributed by atoms with van der Waals surface area (Å²) in [6.45, 7) is 5.49. The second-order valence-corrected chi connectivity index (χ2v) is 3.32. The molecule has 0 aliphatic heterocycles. The van der Waals surface area contributed by atoms with Gasteiger partial charge in [0.1, 0.15) is 11.5 Å². The lowest BCUT2D eigenvalue weighted by molar-refractivity contribution is 0.0690. The zero-order valence-corrected chi connectivity index (χ0v) is 9.47. The van der Waals surface area contributed by atoms with Crippen LogP contribution in [0.1, 0.15) is 24.3 Å². The average Bonchev–Trinajstić information content (AvgIpc) is 2.18. The van der Waals surface area contributed by atoms with Gasteiger partial charge in [-0.15, -0.1) is 0 Å². The van der Waals surface area contributed by atoms with Crippen LogP contribution in [0, 0.1) is 4.77 Å². The van der Waals surface area contributed by atoms with Gasteiger partial charge in [-0.25, -0.2) is 9.78 Å². The number of H-pyrrole nitrogens is 1. The van der Waals surface area contributed by atoms with E-state index in [0.29, 0.717) is 5.82 Å². The summed E-state index contributed by atoms with van der Waals surface area (Å²) in [6.07, 6.45) is 0. The Morgan fingerprint density at radius 3 is 2.67 bits per heavy atom. The Morgan fingerprint density at radius 1 is 1.60 bits per heavy atom. The number of aromatic amines is 1. The number of rotatable bonds is 4. The van der Waals surface area contributed by atoms with Crippen molar-refractivity contribution in [3.05, 3.63) is 16.5 Å². The number of nitrogens with zero attached hydrogens (tertiary/aromatic N) is 2. The van der Waals surface area contributed by atoms with Crippen LogP contribution in [0.5, 0.6) is 0 Å². The van der Waals surface area contributed by atoms with Crippen molar-refractivity contribution in [3.8, 4) is 0 Å². The molecule has 1 aromatic rings. The molecule has 0 atom stereocenters. The molecule has 0 spiro atoms. The van der Waals surface area contributed by atoms with Crippen molar-refractivity contribution in [2.75, 3.05) is 18.0 Å². The molecule has 0 unspecified atom stereocenters. The van der Waals surface area contributed by atoms with Crippen LogP contribution in [0.3, 0.4) is 0 Å². The third-order valence-corrected chi connectivity index (χ3v) is 2.24. The quantitative estimate of drug-likeness (QED) is 0.766. The van der Waals surface area contributed by atoms with Crippen molar-refractivity contribution in [1.29, 1.82) is 0 Å². The monoisotopic (exact) mass is 227 g/mol. The summed E-state index contributed by atoms with van der Waals surface area (Å²) in [5, 5.41) is 8.84. The first-order valence-electron chi connectivity index (χ1n) is 4.68. The first-order chi connectivity index (χ1) is 7.08. The van der Waals surface area contributed by atoms with E-state index in [1.807, 2.05) is 18.7 Å². The lowest BCUT2D eigenvalue weighted by Crippen LogP contribution is -2.23. The zero-order valence-electron chi connectivity index (χ0n) is 8.65. The molecule has 82 valence electrons. The van der Waals surface area contributed by atoms with Gasteiger partial charge in [0.15, 0.2) is 4.77 Å². The predicted molar refractivity (Wildman–Crippen MR) is 59.9 cm³/mol. The summed E-state index contributed by atoms with van der Waals surface area (Å²) in [5.74, 6) is -0.432. The van der Waals surface area contributed by atoms with E-state index in [9.17, 15) is 4.79 Å². The summed E-state index contributed by atoms with van der Waals surface area (Å²) in [4.78, 5) is 19.3. The maximum atomic E-state index is 10.8. The number of aromatic carboxylic acids is 1. The molecule has 1 heterocycles. The molecule has 0 bridgehead atoms. The minimum absolute atomic E-state index is 0.0666. The molecule has 2 N–H and O–H groups in total. The Balaban J connectivity index is 3.19. The number of aromatic nitrogens is 2. The van der Waals surface area contributed by atoms with E-state index in [1.54, 1.807) is 0 Å². The Morgan fingerprint density at radius 2 is 2.20 bits per heavy atom. The SMILES string of the molecule is CCN(CC)c1cc(C(=O)O)[nH]c(=S)n1. The molecule has 0 aliphatic carbocycles. The number of carbonyl (C=O) groups is 1. The van der Waals surface area contributed by atoms with Crippen LogP contribution in [0.4, 0.5) is 5.82 Å². The highest BCUT2D eigenvalue weighted by Crippen LogP contribution is 2.11. The lowest BCUT2D eigenvalue weighted by Gasteiger charge is -2.19. The van der Waals surface area contributed by atoms with E-state index in [4.69, 9.17) is 17.3 Å². The van der Waals surface area contributed by atoms with Crippen molar-refractivity contribution in [2.24, 2.45) is 0 Å². The Labute approximate surface area is 92.8 Å². The average molecular weight is 227 g/mol. The molecule has 0 radical (unpaired) electrons. The van der Waals surface area contributed by atoms with Gasteiger partial charge in [-0.05, 0) is 26.1 Å². The maximum Gasteiger partial charge on any atom is 0.352 e. The van der Waals surface area contributed by atoms with Gasteiger partial charge in [0.25, 0.3) is 0 Å². The second-order valence-electron chi connectivity index (χ2n) is 2.94. The van der Waals surface area contributed by atoms with Crippen LogP contribution in [-0.4, -0.2) is 34.1 Å². The number of anilines is 1. The molecule has 0 saturated heterocycles. The van der Waals surface area contributed by atoms with E-state index < -0.39 is 5.97 Å². The van der Waals surface area contributed by atoms with Crippen LogP contribution in [0.25, 0.3) is 0 Å². The number of hydrogen-bond donors (Lipinski definition) is 2. The van der Waals surface area contributed by atoms with Crippen LogP contribution >= 0.6 is 12.2 Å². The minimum atomic E-state index is -1.03. The molecule has 1 rings (SSSR count). The third kappa shape index (κ3) is 2.76. The first kappa shape index (κ1) is 11.6. The smallest absolute Gasteiger partial charge is 0.352 e. The van der Waals surface area contributed by atoms with E-state index in [2.05, 4.69) is 9.97 Å². The Hall–Kier alpha value is -1.43. The molecule has 0 aromatic carbocycles. The predicted octanol–water partition coefficient (Wildman–Crippen LogP) is 1.68. The van der Waals surface area contributed by atoms with Gasteiger partial charge in [-0.3, -0.25) is 0 Å². The number of carboxylic acids is 1. The second kappa shape index (κ2) is 4.88. The molecule has 0 aliphatic rings. The zero-order chi connectivity index (χ0) is 11.4. The van der Waals surface area contributed by atoms with Crippen molar-refractivity contribution >= 4 is 24.0 Å². The largest absolute Gasteiger partial charge is 0.477 e. The molecule has 1 aromatic heterocycles. The van der Waals surface area contributed by atoms with E-state index in [-0.39, 0.29) is 10.5 Å². The van der Waals surface area contributed by atoms with Gasteiger partial charge < -0.3 is 15.0 Å². The van der Waals surface area contributed by atoms with E-state index in [1.165, 1.54) is 6.07 Å². The summed E-state index contributed by atoms with van der Waals surface area (Å²) >= 11 is 4.86. The fraction of sp³-hybridized carbons (Fsp3) is 0.444. The van der Waals surface area contributed by atoms with E-state index >= 15 is 0 Å². The first-order valence-corrected chi connectivity index (χ1v) is 5.08. The molecule has 5 nitrogen and oxygen atoms in total. The fourth-order valence-corrected chi connectivity index (χ4v) is 1.47. The summed E-state index contributed by atoms with van der Waals surface area (Å²) in [5.41, 5.74) is 0.0666. The van der Waals surface area contributed by atoms with Crippen LogP contribution in [0.15, 0.2) is 6.07 Å². The standard InChI is InChI=1S/C9H13N3O2S/c1-3-12(4-2)7-5-6(8(13)14)10-9(15)11-7/h5H,3-4H2,1-2H3,(H,13,14)(H,10,11,15). The lowest BCUT2D eigenvalue weighted by atomic mass is 10.3. The number of nitrogens with one attached hydrogen (secondary N) is 1. The molecule has 6 heteroatoms. The fourth-order valence-electron chi connectivity index (χ4n) is 1.27. The molecular weight excluding hydrogens is 214 g/mol. The highest BCUT2D eigenvalue weighted by atomic mass is 32.1. The highest BCUT2D eigenvalue weighted by Gasteiger charge is 2.09. The van der Waals surface area contributed by atoms with Gasteiger partial charge >= 0.3 is 5.97 Å². The summed E-state index contributed by atoms with van der Waals surface area (Å²) < 4.78 is 0.191. The van der Waals surface area contributed by atoms with Gasteiger partial charge in [0.2, 0.25) is 0 Å². The molecule has 0 fully saturated rings. The van der Waals surface area contributed by atoms with Crippen LogP contribution < -0.4 is 4.90 Å². The van der Waals surface area contributed by atoms with Gasteiger partial charge in [0, 0.05) is 19.2 Å².